The summed E-state index contributed by atoms with van der Waals surface area (Å²) in [4.78, 5) is 11.4. The van der Waals surface area contributed by atoms with Crippen LogP contribution in [0.25, 0.3) is 6.08 Å². The summed E-state index contributed by atoms with van der Waals surface area (Å²) in [7, 11) is 0. The predicted molar refractivity (Wildman–Crippen MR) is 75.0 cm³/mol. The lowest BCUT2D eigenvalue weighted by atomic mass is 9.97. The second-order valence-electron chi connectivity index (χ2n) is 5.05. The van der Waals surface area contributed by atoms with Crippen molar-refractivity contribution in [3.8, 4) is 0 Å². The first kappa shape index (κ1) is 14.2. The number of hydrogen-bond acceptors (Lipinski definition) is 2. The fourth-order valence-corrected chi connectivity index (χ4v) is 1.21. The van der Waals surface area contributed by atoms with Gasteiger partial charge in [0.05, 0.1) is 5.41 Å². The molecule has 96 valence electrons. The lowest BCUT2D eigenvalue weighted by Crippen LogP contribution is -2.22. The molecular formula is C16H20O2. The van der Waals surface area contributed by atoms with Crippen molar-refractivity contribution in [1.29, 1.82) is 0 Å². The molecule has 1 aromatic rings. The van der Waals surface area contributed by atoms with E-state index in [-0.39, 0.29) is 5.97 Å². The van der Waals surface area contributed by atoms with Gasteiger partial charge in [-0.05, 0) is 32.4 Å². The summed E-state index contributed by atoms with van der Waals surface area (Å²) in [6.07, 6.45) is 7.63. The number of hydrogen-bond donors (Lipinski definition) is 0. The zero-order valence-corrected chi connectivity index (χ0v) is 11.2. The minimum absolute atomic E-state index is 0.181. The molecule has 0 aliphatic carbocycles. The van der Waals surface area contributed by atoms with Gasteiger partial charge in [-0.25, -0.2) is 0 Å². The third-order valence-corrected chi connectivity index (χ3v) is 2.26. The van der Waals surface area contributed by atoms with Gasteiger partial charge >= 0.3 is 5.97 Å². The average Bonchev–Trinajstić information content (AvgIpc) is 2.33. The molecule has 0 saturated heterocycles. The molecule has 0 aliphatic heterocycles. The van der Waals surface area contributed by atoms with E-state index in [0.717, 1.165) is 5.56 Å². The number of esters is 1. The Kier molecular flexibility index (Phi) is 5.37. The van der Waals surface area contributed by atoms with Crippen LogP contribution in [0.3, 0.4) is 0 Å². The Balaban J connectivity index is 2.31. The second kappa shape index (κ2) is 6.80. The van der Waals surface area contributed by atoms with E-state index >= 15 is 0 Å². The van der Waals surface area contributed by atoms with Gasteiger partial charge in [0, 0.05) is 0 Å². The Morgan fingerprint density at radius 2 is 1.83 bits per heavy atom. The molecule has 1 rings (SSSR count). The van der Waals surface area contributed by atoms with Gasteiger partial charge in [0.15, 0.2) is 0 Å². The summed E-state index contributed by atoms with van der Waals surface area (Å²) >= 11 is 0. The molecule has 0 bridgehead atoms. The smallest absolute Gasteiger partial charge is 0.311 e. The summed E-state index contributed by atoms with van der Waals surface area (Å²) in [5.74, 6) is -0.181. The van der Waals surface area contributed by atoms with Crippen molar-refractivity contribution < 1.29 is 9.53 Å². The van der Waals surface area contributed by atoms with E-state index in [1.165, 1.54) is 0 Å². The number of ether oxygens (including phenoxy) is 1. The van der Waals surface area contributed by atoms with Crippen LogP contribution in [-0.2, 0) is 9.53 Å². The minimum atomic E-state index is -0.437. The minimum Gasteiger partial charge on any atom is -0.461 e. The number of benzene rings is 1. The van der Waals surface area contributed by atoms with E-state index in [1.807, 2.05) is 75.4 Å². The van der Waals surface area contributed by atoms with Crippen molar-refractivity contribution in [3.05, 3.63) is 54.1 Å². The van der Waals surface area contributed by atoms with E-state index in [0.29, 0.717) is 6.61 Å². The summed E-state index contributed by atoms with van der Waals surface area (Å²) < 4.78 is 5.10. The molecule has 0 fully saturated rings. The van der Waals surface area contributed by atoms with Crippen LogP contribution in [0.15, 0.2) is 48.6 Å². The highest BCUT2D eigenvalue weighted by Crippen LogP contribution is 2.14. The molecule has 0 aromatic heterocycles. The molecule has 2 nitrogen and oxygen atoms in total. The van der Waals surface area contributed by atoms with Crippen LogP contribution in [0.1, 0.15) is 26.3 Å². The largest absolute Gasteiger partial charge is 0.461 e. The van der Waals surface area contributed by atoms with Crippen molar-refractivity contribution in [3.63, 3.8) is 0 Å². The third kappa shape index (κ3) is 5.48. The van der Waals surface area contributed by atoms with Gasteiger partial charge in [-0.1, -0.05) is 48.6 Å². The van der Waals surface area contributed by atoms with Crippen LogP contribution in [0.2, 0.25) is 0 Å². The predicted octanol–water partition coefficient (Wildman–Crippen LogP) is 3.85. The van der Waals surface area contributed by atoms with Crippen LogP contribution in [-0.4, -0.2) is 12.6 Å². The van der Waals surface area contributed by atoms with Crippen LogP contribution in [0.5, 0.6) is 0 Å². The molecule has 0 spiro atoms. The lowest BCUT2D eigenvalue weighted by molar-refractivity contribution is -0.151. The lowest BCUT2D eigenvalue weighted by Gasteiger charge is -2.15. The average molecular weight is 244 g/mol. The van der Waals surface area contributed by atoms with E-state index < -0.39 is 5.41 Å². The second-order valence-corrected chi connectivity index (χ2v) is 5.05. The molecule has 1 aromatic carbocycles. The first-order valence-corrected chi connectivity index (χ1v) is 6.05. The quantitative estimate of drug-likeness (QED) is 0.594. The molecule has 2 heteroatoms. The highest BCUT2D eigenvalue weighted by atomic mass is 16.5. The number of carbonyl (C=O) groups is 1. The standard InChI is InChI=1S/C16H20O2/c1-16(2,3)15(17)18-13-9-5-8-12-14-10-6-4-7-11-14/h4-12H,13H2,1-3H3/b9-5-,12-8+. The Morgan fingerprint density at radius 1 is 1.17 bits per heavy atom. The summed E-state index contributed by atoms with van der Waals surface area (Å²) in [6, 6.07) is 10.0. The van der Waals surface area contributed by atoms with Crippen molar-refractivity contribution in [2.24, 2.45) is 5.41 Å². The molecule has 0 saturated carbocycles. The van der Waals surface area contributed by atoms with Gasteiger partial charge in [-0.15, -0.1) is 0 Å². The Labute approximate surface area is 109 Å². The normalized spacial score (nSPS) is 12.2. The first-order chi connectivity index (χ1) is 8.50. The molecular weight excluding hydrogens is 224 g/mol. The van der Waals surface area contributed by atoms with Crippen LogP contribution in [0.4, 0.5) is 0 Å². The molecule has 0 radical (unpaired) electrons. The van der Waals surface area contributed by atoms with Gasteiger partial charge in [0.2, 0.25) is 0 Å². The highest BCUT2D eigenvalue weighted by Gasteiger charge is 2.22. The van der Waals surface area contributed by atoms with E-state index in [1.54, 1.807) is 0 Å². The highest BCUT2D eigenvalue weighted by molar-refractivity contribution is 5.75. The van der Waals surface area contributed by atoms with Gasteiger partial charge in [0.1, 0.15) is 6.61 Å². The Hall–Kier alpha value is -1.83. The molecule has 0 heterocycles. The van der Waals surface area contributed by atoms with Gasteiger partial charge in [-0.2, -0.15) is 0 Å². The van der Waals surface area contributed by atoms with Crippen molar-refractivity contribution >= 4 is 12.0 Å². The fraction of sp³-hybridized carbons (Fsp3) is 0.312. The molecule has 0 unspecified atom stereocenters. The third-order valence-electron chi connectivity index (χ3n) is 2.26. The van der Waals surface area contributed by atoms with Gasteiger partial charge in [0.25, 0.3) is 0 Å². The Morgan fingerprint density at radius 3 is 2.44 bits per heavy atom. The number of carbonyl (C=O) groups excluding carboxylic acids is 1. The SMILES string of the molecule is CC(C)(C)C(=O)OC/C=C\C=C\c1ccccc1. The molecule has 0 amide bonds. The van der Waals surface area contributed by atoms with Gasteiger partial charge < -0.3 is 4.74 Å². The molecule has 18 heavy (non-hydrogen) atoms. The first-order valence-electron chi connectivity index (χ1n) is 6.05. The fourth-order valence-electron chi connectivity index (χ4n) is 1.21. The zero-order chi connectivity index (χ0) is 13.4. The topological polar surface area (TPSA) is 26.3 Å². The number of allylic oxidation sites excluding steroid dienone is 2. The summed E-state index contributed by atoms with van der Waals surface area (Å²) in [6.45, 7) is 5.84. The molecule has 0 N–H and O–H groups in total. The van der Waals surface area contributed by atoms with Crippen molar-refractivity contribution in [2.75, 3.05) is 6.61 Å². The maximum atomic E-state index is 11.4. The van der Waals surface area contributed by atoms with E-state index in [4.69, 9.17) is 4.74 Å². The van der Waals surface area contributed by atoms with Crippen molar-refractivity contribution in [1.82, 2.24) is 0 Å². The maximum Gasteiger partial charge on any atom is 0.311 e. The Bertz CT molecular complexity index is 422. The molecule has 0 aliphatic rings. The van der Waals surface area contributed by atoms with Crippen LogP contribution >= 0.6 is 0 Å². The van der Waals surface area contributed by atoms with E-state index in [2.05, 4.69) is 0 Å². The van der Waals surface area contributed by atoms with Gasteiger partial charge in [-0.3, -0.25) is 4.79 Å². The molecule has 0 atom stereocenters. The van der Waals surface area contributed by atoms with E-state index in [9.17, 15) is 4.79 Å². The van der Waals surface area contributed by atoms with Crippen LogP contribution in [0, 0.1) is 5.41 Å². The maximum absolute atomic E-state index is 11.4. The zero-order valence-electron chi connectivity index (χ0n) is 11.2. The van der Waals surface area contributed by atoms with Crippen LogP contribution < -0.4 is 0 Å². The monoisotopic (exact) mass is 244 g/mol. The summed E-state index contributed by atoms with van der Waals surface area (Å²) in [5.41, 5.74) is 0.710. The number of rotatable bonds is 4. The van der Waals surface area contributed by atoms with Crippen molar-refractivity contribution in [2.45, 2.75) is 20.8 Å². The summed E-state index contributed by atoms with van der Waals surface area (Å²) in [5, 5.41) is 0.